The average molecular weight is 241 g/mol. The van der Waals surface area contributed by atoms with Crippen molar-refractivity contribution >= 4 is 11.9 Å². The van der Waals surface area contributed by atoms with Crippen molar-refractivity contribution in [3.8, 4) is 0 Å². The van der Waals surface area contributed by atoms with Crippen LogP contribution in [0.25, 0.3) is 0 Å². The molecule has 17 heavy (non-hydrogen) atoms. The van der Waals surface area contributed by atoms with E-state index in [1.54, 1.807) is 0 Å². The highest BCUT2D eigenvalue weighted by Gasteiger charge is 2.18. The number of carbonyl (C=O) groups is 2. The zero-order valence-corrected chi connectivity index (χ0v) is 10.4. The third kappa shape index (κ3) is 6.29. The number of hydrogen-bond acceptors (Lipinski definition) is 2. The fourth-order valence-corrected chi connectivity index (χ4v) is 2.31. The molecule has 4 nitrogen and oxygen atoms in total. The summed E-state index contributed by atoms with van der Waals surface area (Å²) in [6, 6.07) is 0. The highest BCUT2D eigenvalue weighted by atomic mass is 16.4. The van der Waals surface area contributed by atoms with Gasteiger partial charge in [0.25, 0.3) is 0 Å². The zero-order valence-electron chi connectivity index (χ0n) is 10.4. The van der Waals surface area contributed by atoms with Crippen LogP contribution in [0.5, 0.6) is 0 Å². The van der Waals surface area contributed by atoms with Crippen LogP contribution in [0.2, 0.25) is 0 Å². The predicted octanol–water partition coefficient (Wildman–Crippen LogP) is 2.33. The number of carbonyl (C=O) groups excluding carboxylic acids is 1. The van der Waals surface area contributed by atoms with Crippen molar-refractivity contribution in [2.45, 2.75) is 57.8 Å². The van der Waals surface area contributed by atoms with Gasteiger partial charge in [-0.15, -0.1) is 0 Å². The predicted molar refractivity (Wildman–Crippen MR) is 65.7 cm³/mol. The smallest absolute Gasteiger partial charge is 0.303 e. The Kier molecular flexibility index (Phi) is 6.67. The van der Waals surface area contributed by atoms with Gasteiger partial charge in [0.15, 0.2) is 0 Å². The van der Waals surface area contributed by atoms with Gasteiger partial charge in [0, 0.05) is 18.9 Å². The summed E-state index contributed by atoms with van der Waals surface area (Å²) in [7, 11) is 0. The fourth-order valence-electron chi connectivity index (χ4n) is 2.31. The van der Waals surface area contributed by atoms with Gasteiger partial charge in [-0.2, -0.15) is 0 Å². The van der Waals surface area contributed by atoms with Crippen LogP contribution in [-0.4, -0.2) is 23.5 Å². The van der Waals surface area contributed by atoms with Crippen LogP contribution in [0.4, 0.5) is 0 Å². The van der Waals surface area contributed by atoms with Crippen LogP contribution in [0.3, 0.4) is 0 Å². The number of carboxylic acids is 1. The largest absolute Gasteiger partial charge is 0.481 e. The molecule has 98 valence electrons. The second kappa shape index (κ2) is 8.09. The maximum Gasteiger partial charge on any atom is 0.303 e. The Balaban J connectivity index is 2.18. The number of nitrogens with one attached hydrogen (secondary N) is 1. The lowest BCUT2D eigenvalue weighted by molar-refractivity contribution is -0.137. The van der Waals surface area contributed by atoms with E-state index in [2.05, 4.69) is 5.32 Å². The Hall–Kier alpha value is -1.06. The first-order valence-corrected chi connectivity index (χ1v) is 6.69. The molecular weight excluding hydrogens is 218 g/mol. The van der Waals surface area contributed by atoms with Crippen LogP contribution in [0.1, 0.15) is 57.8 Å². The first kappa shape index (κ1) is 14.0. The molecular formula is C13H23NO3. The Bertz CT molecular complexity index is 245. The molecule has 1 aliphatic rings. The minimum absolute atomic E-state index is 0.122. The van der Waals surface area contributed by atoms with Gasteiger partial charge in [-0.1, -0.05) is 32.1 Å². The van der Waals surface area contributed by atoms with Crippen molar-refractivity contribution in [2.75, 3.05) is 6.54 Å². The Morgan fingerprint density at radius 2 is 1.65 bits per heavy atom. The molecule has 0 heterocycles. The molecule has 0 spiro atoms. The van der Waals surface area contributed by atoms with E-state index in [-0.39, 0.29) is 18.2 Å². The Morgan fingerprint density at radius 1 is 1.06 bits per heavy atom. The molecule has 0 aromatic heterocycles. The summed E-state index contributed by atoms with van der Waals surface area (Å²) in [4.78, 5) is 22.2. The zero-order chi connectivity index (χ0) is 12.5. The lowest BCUT2D eigenvalue weighted by atomic mass is 9.90. The third-order valence-electron chi connectivity index (χ3n) is 3.34. The second-order valence-electron chi connectivity index (χ2n) is 4.83. The number of amides is 1. The maximum atomic E-state index is 11.8. The molecule has 0 unspecified atom stereocenters. The topological polar surface area (TPSA) is 66.4 Å². The molecule has 1 saturated carbocycles. The quantitative estimate of drug-likeness (QED) is 0.726. The van der Waals surface area contributed by atoms with E-state index in [1.165, 1.54) is 19.3 Å². The molecule has 4 heteroatoms. The van der Waals surface area contributed by atoms with Crippen molar-refractivity contribution in [1.29, 1.82) is 0 Å². The molecule has 2 N–H and O–H groups in total. The minimum Gasteiger partial charge on any atom is -0.481 e. The third-order valence-corrected chi connectivity index (χ3v) is 3.34. The van der Waals surface area contributed by atoms with Gasteiger partial charge in [0.2, 0.25) is 5.91 Å². The number of rotatable bonds is 5. The van der Waals surface area contributed by atoms with Gasteiger partial charge >= 0.3 is 5.97 Å². The van der Waals surface area contributed by atoms with Gasteiger partial charge < -0.3 is 10.4 Å². The maximum absolute atomic E-state index is 11.8. The van der Waals surface area contributed by atoms with E-state index in [4.69, 9.17) is 5.11 Å². The van der Waals surface area contributed by atoms with Gasteiger partial charge in [-0.25, -0.2) is 0 Å². The standard InChI is InChI=1S/C13H23NO3/c15-12(16)9-6-10-14-13(17)11-7-4-2-1-3-5-8-11/h11H,1-10H2,(H,14,17)(H,15,16). The number of hydrogen-bond donors (Lipinski definition) is 2. The normalized spacial score (nSPS) is 18.1. The molecule has 1 rings (SSSR count). The summed E-state index contributed by atoms with van der Waals surface area (Å²) in [5, 5.41) is 11.3. The van der Waals surface area contributed by atoms with E-state index in [9.17, 15) is 9.59 Å². The van der Waals surface area contributed by atoms with Gasteiger partial charge in [0.05, 0.1) is 0 Å². The van der Waals surface area contributed by atoms with E-state index in [1.807, 2.05) is 0 Å². The molecule has 1 fully saturated rings. The molecule has 0 saturated heterocycles. The number of aliphatic carboxylic acids is 1. The van der Waals surface area contributed by atoms with Gasteiger partial charge in [-0.3, -0.25) is 9.59 Å². The average Bonchev–Trinajstić information content (AvgIpc) is 2.23. The molecule has 0 aliphatic heterocycles. The minimum atomic E-state index is -0.801. The van der Waals surface area contributed by atoms with Crippen molar-refractivity contribution in [1.82, 2.24) is 5.32 Å². The van der Waals surface area contributed by atoms with Crippen LogP contribution in [-0.2, 0) is 9.59 Å². The van der Waals surface area contributed by atoms with Crippen LogP contribution in [0, 0.1) is 5.92 Å². The summed E-state index contributed by atoms with van der Waals surface area (Å²) in [5.41, 5.74) is 0. The molecule has 1 amide bonds. The van der Waals surface area contributed by atoms with Crippen molar-refractivity contribution in [2.24, 2.45) is 5.92 Å². The fraction of sp³-hybridized carbons (Fsp3) is 0.846. The van der Waals surface area contributed by atoms with Crippen molar-refractivity contribution in [3.63, 3.8) is 0 Å². The van der Waals surface area contributed by atoms with Gasteiger partial charge in [-0.05, 0) is 19.3 Å². The SMILES string of the molecule is O=C(O)CCCNC(=O)C1CCCCCCC1. The lowest BCUT2D eigenvalue weighted by Gasteiger charge is -2.18. The summed E-state index contributed by atoms with van der Waals surface area (Å²) in [6.07, 6.45) is 8.70. The second-order valence-corrected chi connectivity index (χ2v) is 4.83. The summed E-state index contributed by atoms with van der Waals surface area (Å²) >= 11 is 0. The Morgan fingerprint density at radius 3 is 2.24 bits per heavy atom. The molecule has 0 atom stereocenters. The molecule has 0 radical (unpaired) electrons. The van der Waals surface area contributed by atoms with Crippen LogP contribution in [0.15, 0.2) is 0 Å². The number of carboxylic acid groups (broad SMARTS) is 1. The lowest BCUT2D eigenvalue weighted by Crippen LogP contribution is -2.32. The van der Waals surface area contributed by atoms with E-state index in [0.29, 0.717) is 13.0 Å². The van der Waals surface area contributed by atoms with E-state index >= 15 is 0 Å². The monoisotopic (exact) mass is 241 g/mol. The summed E-state index contributed by atoms with van der Waals surface area (Å²) in [6.45, 7) is 0.488. The molecule has 1 aliphatic carbocycles. The molecule has 0 bridgehead atoms. The van der Waals surface area contributed by atoms with Crippen LogP contribution < -0.4 is 5.32 Å². The highest BCUT2D eigenvalue weighted by Crippen LogP contribution is 2.22. The van der Waals surface area contributed by atoms with Crippen LogP contribution >= 0.6 is 0 Å². The van der Waals surface area contributed by atoms with E-state index in [0.717, 1.165) is 25.7 Å². The van der Waals surface area contributed by atoms with Crippen molar-refractivity contribution < 1.29 is 14.7 Å². The van der Waals surface area contributed by atoms with E-state index < -0.39 is 5.97 Å². The molecule has 0 aromatic carbocycles. The summed E-state index contributed by atoms with van der Waals surface area (Å²) < 4.78 is 0. The first-order valence-electron chi connectivity index (χ1n) is 6.69. The molecule has 0 aromatic rings. The first-order chi connectivity index (χ1) is 8.20. The van der Waals surface area contributed by atoms with Crippen molar-refractivity contribution in [3.05, 3.63) is 0 Å². The Labute approximate surface area is 103 Å². The summed E-state index contributed by atoms with van der Waals surface area (Å²) in [5.74, 6) is -0.525. The van der Waals surface area contributed by atoms with Gasteiger partial charge in [0.1, 0.15) is 0 Å². The highest BCUT2D eigenvalue weighted by molar-refractivity contribution is 5.78.